The molecule has 0 saturated carbocycles. The Morgan fingerprint density at radius 2 is 1.11 bits per heavy atom. The van der Waals surface area contributed by atoms with Crippen LogP contribution in [0.2, 0.25) is 0 Å². The van der Waals surface area contributed by atoms with Gasteiger partial charge in [-0.15, -0.1) is 0 Å². The number of carboxylic acids is 1. The van der Waals surface area contributed by atoms with Gasteiger partial charge in [-0.2, -0.15) is 0 Å². The lowest BCUT2D eigenvalue weighted by atomic mass is 9.96. The number of hydrogen-bond acceptors (Lipinski definition) is 16. The minimum atomic E-state index is -2.09. The maximum atomic E-state index is 11.2. The molecule has 17 nitrogen and oxygen atoms in total. The average molecular weight is 518 g/mol. The molecule has 3 heterocycles. The van der Waals surface area contributed by atoms with Gasteiger partial charge in [0.25, 0.3) is 0 Å². The fourth-order valence-corrected chi connectivity index (χ4v) is 4.04. The summed E-state index contributed by atoms with van der Waals surface area (Å²) in [6.45, 7) is -1.65. The third kappa shape index (κ3) is 5.59. The van der Waals surface area contributed by atoms with E-state index < -0.39 is 111 Å². The molecule has 0 bridgehead atoms. The van der Waals surface area contributed by atoms with Crippen LogP contribution in [0.5, 0.6) is 0 Å². The summed E-state index contributed by atoms with van der Waals surface area (Å²) in [7, 11) is 0. The molecule has 17 heteroatoms. The van der Waals surface area contributed by atoms with Crippen molar-refractivity contribution >= 4 is 5.97 Å². The molecule has 3 aliphatic heterocycles. The molecule has 0 aromatic rings. The minimum Gasteiger partial charge on any atom is -0.479 e. The molecule has 15 atom stereocenters. The first kappa shape index (κ1) is 28.4. The molecule has 0 unspecified atom stereocenters. The highest BCUT2D eigenvalue weighted by atomic mass is 16.7. The van der Waals surface area contributed by atoms with Crippen LogP contribution in [0.25, 0.3) is 0 Å². The number of ether oxygens (including phenoxy) is 5. The quantitative estimate of drug-likeness (QED) is 0.149. The fourth-order valence-electron chi connectivity index (χ4n) is 4.04. The summed E-state index contributed by atoms with van der Waals surface area (Å²) in [5, 5.41) is 109. The Morgan fingerprint density at radius 1 is 0.600 bits per heavy atom. The standard InChI is InChI=1S/C18H30O17/c19-1-3-5(21)6(22)8(24)17(31-3)34-12-4(2-20)32-18(9(25)7(12)23)35-13-10(26)14(15(28)29)33-16(30)11(13)27/h3-14,16-27,30H,1-2H2,(H,28,29)/t3-,4-,5+,6+,7-,8-,9-,10+,11-,12+,13+,14+,16-,17+,18+/m1/s1. The van der Waals surface area contributed by atoms with Crippen molar-refractivity contribution in [3.8, 4) is 0 Å². The molecule has 3 aliphatic rings. The molecular weight excluding hydrogens is 488 g/mol. The molecule has 0 aromatic carbocycles. The van der Waals surface area contributed by atoms with Gasteiger partial charge in [-0.1, -0.05) is 0 Å². The molecule has 11 N–H and O–H groups in total. The minimum absolute atomic E-state index is 0.768. The van der Waals surface area contributed by atoms with Crippen LogP contribution in [-0.4, -0.2) is 167 Å². The van der Waals surface area contributed by atoms with Crippen molar-refractivity contribution in [3.05, 3.63) is 0 Å². The Hall–Kier alpha value is -1.13. The average Bonchev–Trinajstić information content (AvgIpc) is 2.82. The van der Waals surface area contributed by atoms with Crippen LogP contribution in [0.4, 0.5) is 0 Å². The van der Waals surface area contributed by atoms with Gasteiger partial charge in [-0.25, -0.2) is 4.79 Å². The Bertz CT molecular complexity index is 707. The van der Waals surface area contributed by atoms with Crippen LogP contribution in [0.15, 0.2) is 0 Å². The van der Waals surface area contributed by atoms with Gasteiger partial charge in [-0.05, 0) is 0 Å². The van der Waals surface area contributed by atoms with Crippen LogP contribution in [0.3, 0.4) is 0 Å². The zero-order valence-electron chi connectivity index (χ0n) is 17.9. The highest BCUT2D eigenvalue weighted by molar-refractivity contribution is 5.73. The molecule has 0 aromatic heterocycles. The number of aliphatic hydroxyl groups excluding tert-OH is 10. The summed E-state index contributed by atoms with van der Waals surface area (Å²) < 4.78 is 25.8. The third-order valence-electron chi connectivity index (χ3n) is 6.06. The van der Waals surface area contributed by atoms with Gasteiger partial charge in [0.15, 0.2) is 25.0 Å². The molecule has 3 fully saturated rings. The number of rotatable bonds is 7. The molecule has 0 aliphatic carbocycles. The summed E-state index contributed by atoms with van der Waals surface area (Å²) in [6, 6.07) is 0. The predicted octanol–water partition coefficient (Wildman–Crippen LogP) is -7.48. The number of carbonyl (C=O) groups is 1. The first-order chi connectivity index (χ1) is 16.4. The lowest BCUT2D eigenvalue weighted by Gasteiger charge is -2.47. The zero-order valence-corrected chi connectivity index (χ0v) is 17.9. The maximum Gasteiger partial charge on any atom is 0.335 e. The molecular formula is C18H30O17. The van der Waals surface area contributed by atoms with Gasteiger partial charge in [0, 0.05) is 0 Å². The molecule has 3 rings (SSSR count). The smallest absolute Gasteiger partial charge is 0.335 e. The van der Waals surface area contributed by atoms with Crippen molar-refractivity contribution < 1.29 is 84.7 Å². The second-order valence-electron chi connectivity index (χ2n) is 8.37. The van der Waals surface area contributed by atoms with Crippen molar-refractivity contribution in [1.29, 1.82) is 0 Å². The third-order valence-corrected chi connectivity index (χ3v) is 6.06. The van der Waals surface area contributed by atoms with Crippen molar-refractivity contribution in [2.24, 2.45) is 0 Å². The van der Waals surface area contributed by atoms with E-state index in [-0.39, 0.29) is 0 Å². The SMILES string of the molecule is O=C(O)[C@H]1O[C@@H](O)[C@H](O)[C@@H](O[C@@H]2O[C@H](CO)[C@H](O[C@@H]3O[C@H](CO)[C@H](O)[C@H](O)[C@H]3O)[C@H](O)[C@H]2O)[C@@H]1O. The normalized spacial score (nSPS) is 51.2. The molecule has 3 saturated heterocycles. The van der Waals surface area contributed by atoms with Crippen LogP contribution in [-0.2, 0) is 28.5 Å². The molecule has 0 spiro atoms. The summed E-state index contributed by atoms with van der Waals surface area (Å²) in [6.07, 6.45) is -27.5. The number of aliphatic carboxylic acids is 1. The van der Waals surface area contributed by atoms with Crippen LogP contribution in [0, 0.1) is 0 Å². The molecule has 35 heavy (non-hydrogen) atoms. The Kier molecular flexibility index (Phi) is 9.35. The summed E-state index contributed by atoms with van der Waals surface area (Å²) in [5.41, 5.74) is 0. The Balaban J connectivity index is 1.73. The van der Waals surface area contributed by atoms with Gasteiger partial charge in [0.2, 0.25) is 0 Å². The largest absolute Gasteiger partial charge is 0.479 e. The molecule has 0 radical (unpaired) electrons. The van der Waals surface area contributed by atoms with E-state index in [4.69, 9.17) is 24.1 Å². The fraction of sp³-hybridized carbons (Fsp3) is 0.944. The Morgan fingerprint density at radius 3 is 1.66 bits per heavy atom. The van der Waals surface area contributed by atoms with E-state index in [9.17, 15) is 55.9 Å². The van der Waals surface area contributed by atoms with E-state index in [2.05, 4.69) is 4.74 Å². The number of hydrogen-bond donors (Lipinski definition) is 11. The van der Waals surface area contributed by atoms with Gasteiger partial charge < -0.3 is 79.9 Å². The van der Waals surface area contributed by atoms with E-state index in [1.165, 1.54) is 0 Å². The zero-order chi connectivity index (χ0) is 26.2. The first-order valence-corrected chi connectivity index (χ1v) is 10.6. The second kappa shape index (κ2) is 11.5. The van der Waals surface area contributed by atoms with E-state index in [0.717, 1.165) is 0 Å². The lowest BCUT2D eigenvalue weighted by Crippen LogP contribution is -2.66. The van der Waals surface area contributed by atoms with E-state index >= 15 is 0 Å². The van der Waals surface area contributed by atoms with E-state index in [1.807, 2.05) is 0 Å². The van der Waals surface area contributed by atoms with Crippen LogP contribution in [0.1, 0.15) is 0 Å². The first-order valence-electron chi connectivity index (χ1n) is 10.6. The monoisotopic (exact) mass is 518 g/mol. The predicted molar refractivity (Wildman–Crippen MR) is 102 cm³/mol. The molecule has 204 valence electrons. The van der Waals surface area contributed by atoms with Crippen molar-refractivity contribution in [1.82, 2.24) is 0 Å². The second-order valence-corrected chi connectivity index (χ2v) is 8.37. The summed E-state index contributed by atoms with van der Waals surface area (Å²) in [5.74, 6) is -1.69. The topological polar surface area (TPSA) is 286 Å². The van der Waals surface area contributed by atoms with Gasteiger partial charge in [0.05, 0.1) is 13.2 Å². The van der Waals surface area contributed by atoms with Crippen molar-refractivity contribution in [2.75, 3.05) is 13.2 Å². The van der Waals surface area contributed by atoms with Gasteiger partial charge >= 0.3 is 5.97 Å². The van der Waals surface area contributed by atoms with Crippen LogP contribution >= 0.6 is 0 Å². The maximum absolute atomic E-state index is 11.2. The summed E-state index contributed by atoms with van der Waals surface area (Å²) in [4.78, 5) is 11.2. The van der Waals surface area contributed by atoms with Crippen LogP contribution < -0.4 is 0 Å². The highest BCUT2D eigenvalue weighted by Crippen LogP contribution is 2.32. The van der Waals surface area contributed by atoms with Gasteiger partial charge in [0.1, 0.15) is 67.1 Å². The molecule has 0 amide bonds. The number of carboxylic acid groups (broad SMARTS) is 1. The lowest BCUT2D eigenvalue weighted by molar-refractivity contribution is -0.376. The highest BCUT2D eigenvalue weighted by Gasteiger charge is 2.54. The van der Waals surface area contributed by atoms with E-state index in [1.54, 1.807) is 0 Å². The van der Waals surface area contributed by atoms with E-state index in [0.29, 0.717) is 0 Å². The van der Waals surface area contributed by atoms with Crippen molar-refractivity contribution in [3.63, 3.8) is 0 Å². The van der Waals surface area contributed by atoms with Crippen molar-refractivity contribution in [2.45, 2.75) is 92.1 Å². The van der Waals surface area contributed by atoms with Gasteiger partial charge in [-0.3, -0.25) is 0 Å². The number of aliphatic hydroxyl groups is 10. The Labute approximate surface area is 196 Å². The summed E-state index contributed by atoms with van der Waals surface area (Å²) >= 11 is 0.